The summed E-state index contributed by atoms with van der Waals surface area (Å²) in [6.45, 7) is 7.32. The third-order valence-corrected chi connectivity index (χ3v) is 6.81. The Bertz CT molecular complexity index is 862. The van der Waals surface area contributed by atoms with E-state index in [1.807, 2.05) is 0 Å². The quantitative estimate of drug-likeness (QED) is 0.546. The molecule has 0 amide bonds. The molecule has 3 aliphatic carbocycles. The van der Waals surface area contributed by atoms with E-state index in [-0.39, 0.29) is 35.9 Å². The van der Waals surface area contributed by atoms with Crippen molar-refractivity contribution >= 4 is 17.7 Å². The highest BCUT2D eigenvalue weighted by Crippen LogP contribution is 2.56. The molecule has 1 saturated heterocycles. The summed E-state index contributed by atoms with van der Waals surface area (Å²) >= 11 is 0. The van der Waals surface area contributed by atoms with E-state index in [1.165, 1.54) is 7.11 Å². The van der Waals surface area contributed by atoms with E-state index in [0.717, 1.165) is 5.57 Å². The maximum Gasteiger partial charge on any atom is 0.337 e. The standard InChI is InChI=1S/C21H24O7/c1-8(2)9-6-12(22)16(20(25)27-4)15-10(9)5-11-14-13(28-19(11)24)7-21(3,26)17(14)18(15)23/h5,9-10,13-15,17,22,26H,1,6-7H2,2-4H3. The molecule has 7 nitrogen and oxygen atoms in total. The average molecular weight is 388 g/mol. The molecule has 2 N–H and O–H groups in total. The number of aliphatic hydroxyl groups excluding tert-OH is 1. The third kappa shape index (κ3) is 2.42. The topological polar surface area (TPSA) is 110 Å². The Kier molecular flexibility index (Phi) is 4.08. The predicted molar refractivity (Wildman–Crippen MR) is 96.8 cm³/mol. The minimum absolute atomic E-state index is 0.0839. The molecule has 150 valence electrons. The Morgan fingerprint density at radius 3 is 2.68 bits per heavy atom. The number of Topliss-reactive ketones (excluding diaryl/α,β-unsaturated/α-hetero) is 1. The number of ether oxygens (including phenoxy) is 2. The van der Waals surface area contributed by atoms with Gasteiger partial charge in [-0.1, -0.05) is 18.2 Å². The Labute approximate surface area is 162 Å². The fraction of sp³-hybridized carbons (Fsp3) is 0.571. The highest BCUT2D eigenvalue weighted by Gasteiger charge is 2.64. The molecular formula is C21H24O7. The average Bonchev–Trinajstić information content (AvgIpc) is 2.96. The van der Waals surface area contributed by atoms with Crippen LogP contribution in [0.1, 0.15) is 26.7 Å². The van der Waals surface area contributed by atoms with Gasteiger partial charge in [0, 0.05) is 24.3 Å². The Morgan fingerprint density at radius 2 is 2.07 bits per heavy atom. The highest BCUT2D eigenvalue weighted by atomic mass is 16.6. The van der Waals surface area contributed by atoms with E-state index in [2.05, 4.69) is 6.58 Å². The van der Waals surface area contributed by atoms with E-state index >= 15 is 0 Å². The fourth-order valence-corrected chi connectivity index (χ4v) is 5.62. The number of carbonyl (C=O) groups is 3. The molecule has 0 aromatic heterocycles. The van der Waals surface area contributed by atoms with Crippen molar-refractivity contribution < 1.29 is 34.1 Å². The summed E-state index contributed by atoms with van der Waals surface area (Å²) in [5.74, 6) is -5.16. The summed E-state index contributed by atoms with van der Waals surface area (Å²) in [7, 11) is 1.19. The summed E-state index contributed by atoms with van der Waals surface area (Å²) in [5.41, 5.74) is -0.351. The highest BCUT2D eigenvalue weighted by molar-refractivity contribution is 6.03. The predicted octanol–water partition coefficient (Wildman–Crippen LogP) is 1.62. The van der Waals surface area contributed by atoms with Crippen molar-refractivity contribution in [3.8, 4) is 0 Å². The zero-order chi connectivity index (χ0) is 20.5. The molecule has 1 heterocycles. The van der Waals surface area contributed by atoms with Gasteiger partial charge in [0.1, 0.15) is 17.6 Å². The van der Waals surface area contributed by atoms with Crippen molar-refractivity contribution in [2.45, 2.75) is 38.4 Å². The number of esters is 2. The van der Waals surface area contributed by atoms with Crippen molar-refractivity contribution in [1.82, 2.24) is 0 Å². The van der Waals surface area contributed by atoms with Crippen LogP contribution in [-0.2, 0) is 23.9 Å². The van der Waals surface area contributed by atoms with Crippen LogP contribution < -0.4 is 0 Å². The zero-order valence-corrected chi connectivity index (χ0v) is 16.1. The first kappa shape index (κ1) is 18.9. The maximum absolute atomic E-state index is 13.7. The summed E-state index contributed by atoms with van der Waals surface area (Å²) in [6, 6.07) is 0. The van der Waals surface area contributed by atoms with Gasteiger partial charge in [0.2, 0.25) is 0 Å². The van der Waals surface area contributed by atoms with Gasteiger partial charge < -0.3 is 19.7 Å². The zero-order valence-electron chi connectivity index (χ0n) is 16.1. The van der Waals surface area contributed by atoms with E-state index in [0.29, 0.717) is 5.57 Å². The molecule has 0 bridgehead atoms. The van der Waals surface area contributed by atoms with Crippen LogP contribution in [0, 0.1) is 29.6 Å². The largest absolute Gasteiger partial charge is 0.512 e. The number of ketones is 1. The third-order valence-electron chi connectivity index (χ3n) is 6.81. The van der Waals surface area contributed by atoms with E-state index in [9.17, 15) is 24.6 Å². The lowest BCUT2D eigenvalue weighted by Gasteiger charge is -2.38. The van der Waals surface area contributed by atoms with Gasteiger partial charge >= 0.3 is 11.9 Å². The minimum Gasteiger partial charge on any atom is -0.512 e. The molecule has 0 radical (unpaired) electrons. The molecule has 1 aliphatic heterocycles. The number of carbonyl (C=O) groups excluding carboxylic acids is 3. The molecule has 28 heavy (non-hydrogen) atoms. The normalized spacial score (nSPS) is 41.6. The van der Waals surface area contributed by atoms with Crippen LogP contribution in [0.5, 0.6) is 0 Å². The first-order chi connectivity index (χ1) is 13.1. The van der Waals surface area contributed by atoms with Gasteiger partial charge in [0.05, 0.1) is 30.1 Å². The maximum atomic E-state index is 13.7. The SMILES string of the molecule is C=C(C)C1CC(O)=C(C(=O)OC)C2C(=O)C3C4C(=CC12)C(=O)OC4CC3(C)O. The van der Waals surface area contributed by atoms with Crippen molar-refractivity contribution in [1.29, 1.82) is 0 Å². The van der Waals surface area contributed by atoms with E-state index in [1.54, 1.807) is 19.9 Å². The molecule has 0 aromatic carbocycles. The van der Waals surface area contributed by atoms with Crippen LogP contribution in [0.4, 0.5) is 0 Å². The Hall–Kier alpha value is -2.41. The molecule has 7 unspecified atom stereocenters. The van der Waals surface area contributed by atoms with Crippen LogP contribution in [0.25, 0.3) is 0 Å². The lowest BCUT2D eigenvalue weighted by atomic mass is 9.65. The van der Waals surface area contributed by atoms with Crippen molar-refractivity contribution in [3.63, 3.8) is 0 Å². The second kappa shape index (κ2) is 6.04. The van der Waals surface area contributed by atoms with E-state index in [4.69, 9.17) is 9.47 Å². The smallest absolute Gasteiger partial charge is 0.337 e. The first-order valence-electron chi connectivity index (χ1n) is 9.43. The molecule has 1 saturated carbocycles. The number of allylic oxidation sites excluding steroid dienone is 3. The van der Waals surface area contributed by atoms with Crippen LogP contribution in [-0.4, -0.2) is 46.7 Å². The lowest BCUT2D eigenvalue weighted by molar-refractivity contribution is -0.143. The lowest BCUT2D eigenvalue weighted by Crippen LogP contribution is -2.45. The molecule has 7 heteroatoms. The van der Waals surface area contributed by atoms with Crippen LogP contribution in [0.2, 0.25) is 0 Å². The van der Waals surface area contributed by atoms with Gasteiger partial charge in [-0.05, 0) is 25.7 Å². The molecule has 0 aromatic rings. The minimum atomic E-state index is -1.38. The van der Waals surface area contributed by atoms with Crippen molar-refractivity contribution in [2.75, 3.05) is 7.11 Å². The number of aliphatic hydroxyl groups is 2. The summed E-state index contributed by atoms with van der Waals surface area (Å²) < 4.78 is 10.3. The number of rotatable bonds is 2. The van der Waals surface area contributed by atoms with E-state index < -0.39 is 47.3 Å². The van der Waals surface area contributed by atoms with Gasteiger partial charge in [-0.25, -0.2) is 9.59 Å². The van der Waals surface area contributed by atoms with Gasteiger partial charge in [-0.3, -0.25) is 4.79 Å². The molecule has 0 spiro atoms. The van der Waals surface area contributed by atoms with Crippen molar-refractivity contribution in [3.05, 3.63) is 35.1 Å². The monoisotopic (exact) mass is 388 g/mol. The van der Waals surface area contributed by atoms with Crippen LogP contribution >= 0.6 is 0 Å². The molecular weight excluding hydrogens is 364 g/mol. The second-order valence-corrected chi connectivity index (χ2v) is 8.60. The number of fused-ring (bicyclic) bond motifs is 1. The van der Waals surface area contributed by atoms with Gasteiger partial charge in [-0.15, -0.1) is 0 Å². The summed E-state index contributed by atoms with van der Waals surface area (Å²) in [5, 5.41) is 21.6. The molecule has 7 atom stereocenters. The summed E-state index contributed by atoms with van der Waals surface area (Å²) in [6.07, 6.45) is 1.43. The second-order valence-electron chi connectivity index (χ2n) is 8.60. The summed E-state index contributed by atoms with van der Waals surface area (Å²) in [4.78, 5) is 38.7. The molecule has 4 rings (SSSR count). The number of hydrogen-bond donors (Lipinski definition) is 2. The number of methoxy groups -OCH3 is 1. The Morgan fingerprint density at radius 1 is 1.39 bits per heavy atom. The molecule has 2 fully saturated rings. The van der Waals surface area contributed by atoms with Crippen LogP contribution in [0.3, 0.4) is 0 Å². The van der Waals surface area contributed by atoms with Gasteiger partial charge in [-0.2, -0.15) is 0 Å². The van der Waals surface area contributed by atoms with Crippen molar-refractivity contribution in [2.24, 2.45) is 29.6 Å². The molecule has 4 aliphatic rings. The first-order valence-corrected chi connectivity index (χ1v) is 9.43. The van der Waals surface area contributed by atoms with Crippen LogP contribution in [0.15, 0.2) is 35.1 Å². The Balaban J connectivity index is 1.95. The number of hydrogen-bond acceptors (Lipinski definition) is 7. The van der Waals surface area contributed by atoms with Gasteiger partial charge in [0.15, 0.2) is 0 Å². The fourth-order valence-electron chi connectivity index (χ4n) is 5.62. The van der Waals surface area contributed by atoms with Gasteiger partial charge in [0.25, 0.3) is 0 Å².